The van der Waals surface area contributed by atoms with Gasteiger partial charge in [0.2, 0.25) is 0 Å². The highest BCUT2D eigenvalue weighted by molar-refractivity contribution is 6.32. The van der Waals surface area contributed by atoms with Crippen LogP contribution in [-0.4, -0.2) is 7.11 Å². The van der Waals surface area contributed by atoms with E-state index in [9.17, 15) is 4.39 Å². The molecule has 0 saturated carbocycles. The Bertz CT molecular complexity index is 871. The van der Waals surface area contributed by atoms with Gasteiger partial charge in [-0.3, -0.25) is 0 Å². The maximum Gasteiger partial charge on any atom is 0.180 e. The smallest absolute Gasteiger partial charge is 0.180 e. The molecule has 3 rings (SSSR count). The highest BCUT2D eigenvalue weighted by Gasteiger charge is 2.13. The summed E-state index contributed by atoms with van der Waals surface area (Å²) >= 11 is 6.37. The maximum atomic E-state index is 13.7. The number of hydrogen-bond donors (Lipinski definition) is 1. The first-order valence-electron chi connectivity index (χ1n) is 8.19. The Kier molecular flexibility index (Phi) is 5.97. The fraction of sp³-hybridized carbons (Fsp3) is 0.143. The maximum absolute atomic E-state index is 13.7. The molecule has 1 N–H and O–H groups in total. The van der Waals surface area contributed by atoms with E-state index in [4.69, 9.17) is 21.1 Å². The molecule has 0 aliphatic heterocycles. The van der Waals surface area contributed by atoms with Crippen LogP contribution < -0.4 is 14.8 Å². The van der Waals surface area contributed by atoms with Gasteiger partial charge in [-0.25, -0.2) is 4.39 Å². The Balaban J connectivity index is 1.73. The second kappa shape index (κ2) is 8.59. The molecular weight excluding hydrogens is 353 g/mol. The monoisotopic (exact) mass is 371 g/mol. The molecular formula is C21H19ClFNO2. The van der Waals surface area contributed by atoms with Gasteiger partial charge in [0.25, 0.3) is 0 Å². The summed E-state index contributed by atoms with van der Waals surface area (Å²) in [6.07, 6.45) is 0. The van der Waals surface area contributed by atoms with Gasteiger partial charge in [0.05, 0.1) is 12.1 Å². The third-order valence-corrected chi connectivity index (χ3v) is 4.17. The van der Waals surface area contributed by atoms with Gasteiger partial charge in [0, 0.05) is 17.8 Å². The molecule has 0 aliphatic rings. The number of hydrogen-bond acceptors (Lipinski definition) is 3. The quantitative estimate of drug-likeness (QED) is 0.579. The number of ether oxygens (including phenoxy) is 2. The minimum atomic E-state index is -0.314. The second-order valence-electron chi connectivity index (χ2n) is 5.71. The zero-order chi connectivity index (χ0) is 18.4. The molecule has 26 heavy (non-hydrogen) atoms. The van der Waals surface area contributed by atoms with Gasteiger partial charge in [-0.2, -0.15) is 0 Å². The van der Waals surface area contributed by atoms with E-state index in [1.54, 1.807) is 25.3 Å². The van der Waals surface area contributed by atoms with Crippen LogP contribution in [0.1, 0.15) is 11.1 Å². The zero-order valence-corrected chi connectivity index (χ0v) is 15.1. The summed E-state index contributed by atoms with van der Waals surface area (Å²) in [5.74, 6) is 0.603. The van der Waals surface area contributed by atoms with Crippen LogP contribution in [0.4, 0.5) is 10.1 Å². The molecule has 0 spiro atoms. The summed E-state index contributed by atoms with van der Waals surface area (Å²) in [7, 11) is 1.55. The van der Waals surface area contributed by atoms with Crippen molar-refractivity contribution in [2.75, 3.05) is 12.4 Å². The molecule has 3 nitrogen and oxygen atoms in total. The predicted octanol–water partition coefficient (Wildman–Crippen LogP) is 5.68. The summed E-state index contributed by atoms with van der Waals surface area (Å²) in [6, 6.07) is 20.0. The van der Waals surface area contributed by atoms with E-state index < -0.39 is 0 Å². The van der Waals surface area contributed by atoms with Crippen molar-refractivity contribution in [1.82, 2.24) is 0 Å². The van der Waals surface area contributed by atoms with Crippen LogP contribution >= 0.6 is 11.6 Å². The van der Waals surface area contributed by atoms with Gasteiger partial charge in [-0.1, -0.05) is 48.0 Å². The summed E-state index contributed by atoms with van der Waals surface area (Å²) in [5, 5.41) is 3.74. The van der Waals surface area contributed by atoms with Crippen molar-refractivity contribution in [3.63, 3.8) is 0 Å². The second-order valence-corrected chi connectivity index (χ2v) is 6.12. The minimum absolute atomic E-state index is 0.0738. The number of halogens is 2. The molecule has 0 amide bonds. The van der Waals surface area contributed by atoms with E-state index in [1.165, 1.54) is 6.07 Å². The molecule has 5 heteroatoms. The van der Waals surface area contributed by atoms with Gasteiger partial charge in [0.1, 0.15) is 12.4 Å². The fourth-order valence-electron chi connectivity index (χ4n) is 2.54. The van der Waals surface area contributed by atoms with Crippen molar-refractivity contribution in [3.05, 3.63) is 88.7 Å². The molecule has 3 aromatic carbocycles. The van der Waals surface area contributed by atoms with Crippen molar-refractivity contribution < 1.29 is 13.9 Å². The summed E-state index contributed by atoms with van der Waals surface area (Å²) in [4.78, 5) is 0. The lowest BCUT2D eigenvalue weighted by Gasteiger charge is -2.15. The van der Waals surface area contributed by atoms with Crippen LogP contribution in [0.15, 0.2) is 66.7 Å². The molecule has 0 atom stereocenters. The van der Waals surface area contributed by atoms with Gasteiger partial charge < -0.3 is 14.8 Å². The average Bonchev–Trinajstić information content (AvgIpc) is 2.67. The van der Waals surface area contributed by atoms with Crippen molar-refractivity contribution >= 4 is 17.3 Å². The first kappa shape index (κ1) is 18.1. The van der Waals surface area contributed by atoms with Crippen molar-refractivity contribution in [3.8, 4) is 11.5 Å². The number of benzene rings is 3. The number of methoxy groups -OCH3 is 1. The summed E-state index contributed by atoms with van der Waals surface area (Å²) in [6.45, 7) is 0.665. The number of para-hydroxylation sites is 1. The Labute approximate surface area is 157 Å². The Hall–Kier alpha value is -2.72. The van der Waals surface area contributed by atoms with Crippen LogP contribution in [0.5, 0.6) is 11.5 Å². The topological polar surface area (TPSA) is 30.5 Å². The molecule has 0 aromatic heterocycles. The average molecular weight is 372 g/mol. The van der Waals surface area contributed by atoms with Gasteiger partial charge in [-0.15, -0.1) is 0 Å². The third kappa shape index (κ3) is 4.46. The third-order valence-electron chi connectivity index (χ3n) is 3.89. The van der Waals surface area contributed by atoms with E-state index in [2.05, 4.69) is 5.32 Å². The van der Waals surface area contributed by atoms with Crippen molar-refractivity contribution in [2.24, 2.45) is 0 Å². The van der Waals surface area contributed by atoms with E-state index in [0.717, 1.165) is 11.3 Å². The minimum Gasteiger partial charge on any atom is -0.493 e. The molecule has 0 fully saturated rings. The molecule has 134 valence electrons. The van der Waals surface area contributed by atoms with E-state index >= 15 is 0 Å². The first-order valence-corrected chi connectivity index (χ1v) is 8.56. The Morgan fingerprint density at radius 1 is 1.00 bits per heavy atom. The molecule has 0 saturated heterocycles. The standard InChI is InChI=1S/C21H19ClFNO2/c1-25-20-12-15(13-24-17-8-3-2-4-9-17)11-18(22)21(20)26-14-16-7-5-6-10-19(16)23/h2-12,24H,13-14H2,1H3. The number of rotatable bonds is 7. The molecule has 0 bridgehead atoms. The molecule has 0 heterocycles. The first-order chi connectivity index (χ1) is 12.7. The highest BCUT2D eigenvalue weighted by Crippen LogP contribution is 2.37. The van der Waals surface area contributed by atoms with Crippen LogP contribution in [0.25, 0.3) is 0 Å². The molecule has 0 aliphatic carbocycles. The van der Waals surface area contributed by atoms with Crippen LogP contribution in [0.2, 0.25) is 5.02 Å². The Morgan fingerprint density at radius 3 is 2.46 bits per heavy atom. The van der Waals surface area contributed by atoms with E-state index in [0.29, 0.717) is 28.6 Å². The van der Waals surface area contributed by atoms with E-state index in [-0.39, 0.29) is 12.4 Å². The summed E-state index contributed by atoms with van der Waals surface area (Å²) in [5.41, 5.74) is 2.43. The van der Waals surface area contributed by atoms with Crippen LogP contribution in [0, 0.1) is 5.82 Å². The molecule has 3 aromatic rings. The zero-order valence-electron chi connectivity index (χ0n) is 14.3. The SMILES string of the molecule is COc1cc(CNc2ccccc2)cc(Cl)c1OCc1ccccc1F. The molecule has 0 unspecified atom stereocenters. The normalized spacial score (nSPS) is 10.4. The lowest BCUT2D eigenvalue weighted by atomic mass is 10.2. The lowest BCUT2D eigenvalue weighted by Crippen LogP contribution is -2.03. The fourth-order valence-corrected chi connectivity index (χ4v) is 2.83. The highest BCUT2D eigenvalue weighted by atomic mass is 35.5. The van der Waals surface area contributed by atoms with Gasteiger partial charge in [0.15, 0.2) is 11.5 Å². The van der Waals surface area contributed by atoms with Crippen molar-refractivity contribution in [1.29, 1.82) is 0 Å². The van der Waals surface area contributed by atoms with Crippen LogP contribution in [-0.2, 0) is 13.2 Å². The van der Waals surface area contributed by atoms with Crippen molar-refractivity contribution in [2.45, 2.75) is 13.2 Å². The number of anilines is 1. The molecule has 0 radical (unpaired) electrons. The van der Waals surface area contributed by atoms with Gasteiger partial charge in [-0.05, 0) is 35.9 Å². The van der Waals surface area contributed by atoms with Gasteiger partial charge >= 0.3 is 0 Å². The lowest BCUT2D eigenvalue weighted by molar-refractivity contribution is 0.280. The summed E-state index contributed by atoms with van der Waals surface area (Å²) < 4.78 is 24.9. The largest absolute Gasteiger partial charge is 0.493 e. The van der Waals surface area contributed by atoms with E-state index in [1.807, 2.05) is 42.5 Å². The van der Waals surface area contributed by atoms with Crippen LogP contribution in [0.3, 0.4) is 0 Å². The Morgan fingerprint density at radius 2 is 1.73 bits per heavy atom. The predicted molar refractivity (Wildman–Crippen MR) is 103 cm³/mol. The number of nitrogens with one attached hydrogen (secondary N) is 1.